The van der Waals surface area contributed by atoms with Gasteiger partial charge >= 0.3 is 0 Å². The highest BCUT2D eigenvalue weighted by atomic mass is 16.3. The fourth-order valence-electron chi connectivity index (χ4n) is 1.94. The van der Waals surface area contributed by atoms with Crippen LogP contribution in [0, 0.1) is 5.92 Å². The molecule has 15 heavy (non-hydrogen) atoms. The van der Waals surface area contributed by atoms with Crippen LogP contribution in [0.15, 0.2) is 12.7 Å². The first-order valence-electron chi connectivity index (χ1n) is 6.30. The van der Waals surface area contributed by atoms with Crippen LogP contribution in [0.5, 0.6) is 0 Å². The third-order valence-corrected chi connectivity index (χ3v) is 3.23. The van der Waals surface area contributed by atoms with Gasteiger partial charge in [-0.05, 0) is 51.0 Å². The average Bonchev–Trinajstić information content (AvgIpc) is 3.06. The van der Waals surface area contributed by atoms with Crippen LogP contribution in [0.3, 0.4) is 0 Å². The van der Waals surface area contributed by atoms with Crippen LogP contribution in [-0.4, -0.2) is 23.8 Å². The molecule has 2 N–H and O–H groups in total. The van der Waals surface area contributed by atoms with Gasteiger partial charge in [0.2, 0.25) is 0 Å². The van der Waals surface area contributed by atoms with Gasteiger partial charge < -0.3 is 10.4 Å². The Bertz CT molecular complexity index is 177. The Hall–Kier alpha value is -0.340. The van der Waals surface area contributed by atoms with Gasteiger partial charge in [0.1, 0.15) is 0 Å². The van der Waals surface area contributed by atoms with Crippen LogP contribution in [0.25, 0.3) is 0 Å². The van der Waals surface area contributed by atoms with Crippen LogP contribution in [0.1, 0.15) is 45.4 Å². The van der Waals surface area contributed by atoms with E-state index in [0.29, 0.717) is 6.04 Å². The molecule has 2 nitrogen and oxygen atoms in total. The largest absolute Gasteiger partial charge is 0.393 e. The van der Waals surface area contributed by atoms with Crippen molar-refractivity contribution in [1.29, 1.82) is 0 Å². The molecule has 0 radical (unpaired) electrons. The summed E-state index contributed by atoms with van der Waals surface area (Å²) >= 11 is 0. The first-order chi connectivity index (χ1) is 7.27. The van der Waals surface area contributed by atoms with Gasteiger partial charge in [-0.15, -0.1) is 6.58 Å². The van der Waals surface area contributed by atoms with E-state index in [2.05, 4.69) is 11.9 Å². The van der Waals surface area contributed by atoms with Crippen LogP contribution in [-0.2, 0) is 0 Å². The lowest BCUT2D eigenvalue weighted by atomic mass is 10.1. The van der Waals surface area contributed by atoms with E-state index < -0.39 is 0 Å². The highest BCUT2D eigenvalue weighted by molar-refractivity contribution is 4.88. The van der Waals surface area contributed by atoms with Crippen molar-refractivity contribution in [2.24, 2.45) is 5.92 Å². The standard InChI is InChI=1S/C13H25NO/c1-3-5-6-13(11-7-8-11)14-10-9-12(15)4-2/h3,11-15H,1,4-10H2,2H3. The van der Waals surface area contributed by atoms with Crippen molar-refractivity contribution >= 4 is 0 Å². The lowest BCUT2D eigenvalue weighted by molar-refractivity contribution is 0.157. The molecule has 0 spiro atoms. The van der Waals surface area contributed by atoms with Crippen LogP contribution >= 0.6 is 0 Å². The Kier molecular flexibility index (Phi) is 5.96. The molecule has 1 fully saturated rings. The molecule has 0 bridgehead atoms. The van der Waals surface area contributed by atoms with Crippen molar-refractivity contribution < 1.29 is 5.11 Å². The van der Waals surface area contributed by atoms with E-state index >= 15 is 0 Å². The first-order valence-corrected chi connectivity index (χ1v) is 6.30. The van der Waals surface area contributed by atoms with Crippen molar-refractivity contribution in [3.8, 4) is 0 Å². The van der Waals surface area contributed by atoms with Crippen molar-refractivity contribution in [2.45, 2.75) is 57.6 Å². The second-order valence-corrected chi connectivity index (χ2v) is 4.61. The number of allylic oxidation sites excluding steroid dienone is 1. The molecule has 0 aromatic carbocycles. The molecule has 1 rings (SSSR count). The SMILES string of the molecule is C=CCCC(NCCC(O)CC)C1CC1. The first kappa shape index (κ1) is 12.7. The fraction of sp³-hybridized carbons (Fsp3) is 0.846. The molecule has 0 amide bonds. The third-order valence-electron chi connectivity index (χ3n) is 3.23. The Morgan fingerprint density at radius 2 is 2.20 bits per heavy atom. The molecule has 1 aliphatic carbocycles. The van der Waals surface area contributed by atoms with Gasteiger partial charge in [-0.2, -0.15) is 0 Å². The maximum atomic E-state index is 9.44. The molecule has 2 atom stereocenters. The van der Waals surface area contributed by atoms with Crippen LogP contribution in [0.4, 0.5) is 0 Å². The Balaban J connectivity index is 2.11. The molecular formula is C13H25NO. The molecule has 0 heterocycles. The Morgan fingerprint density at radius 1 is 1.47 bits per heavy atom. The van der Waals surface area contributed by atoms with E-state index in [4.69, 9.17) is 0 Å². The van der Waals surface area contributed by atoms with Crippen molar-refractivity contribution in [2.75, 3.05) is 6.54 Å². The summed E-state index contributed by atoms with van der Waals surface area (Å²) in [6.45, 7) is 6.75. The third kappa shape index (κ3) is 5.33. The minimum Gasteiger partial charge on any atom is -0.393 e. The maximum Gasteiger partial charge on any atom is 0.0549 e. The summed E-state index contributed by atoms with van der Waals surface area (Å²) in [6, 6.07) is 0.659. The zero-order valence-corrected chi connectivity index (χ0v) is 9.91. The van der Waals surface area contributed by atoms with E-state index in [-0.39, 0.29) is 6.10 Å². The highest BCUT2D eigenvalue weighted by Crippen LogP contribution is 2.34. The molecule has 2 unspecified atom stereocenters. The average molecular weight is 211 g/mol. The van der Waals surface area contributed by atoms with Gasteiger partial charge in [0, 0.05) is 6.04 Å². The van der Waals surface area contributed by atoms with E-state index in [1.807, 2.05) is 13.0 Å². The molecule has 0 aromatic rings. The molecule has 1 aliphatic rings. The number of nitrogens with one attached hydrogen (secondary N) is 1. The normalized spacial score (nSPS) is 19.9. The zero-order chi connectivity index (χ0) is 11.1. The Morgan fingerprint density at radius 3 is 2.73 bits per heavy atom. The number of hydrogen-bond acceptors (Lipinski definition) is 2. The number of aliphatic hydroxyl groups excluding tert-OH is 1. The monoisotopic (exact) mass is 211 g/mol. The van der Waals surface area contributed by atoms with Crippen molar-refractivity contribution in [3.63, 3.8) is 0 Å². The molecule has 88 valence electrons. The number of aliphatic hydroxyl groups is 1. The van der Waals surface area contributed by atoms with Crippen molar-refractivity contribution in [1.82, 2.24) is 5.32 Å². The van der Waals surface area contributed by atoms with E-state index in [1.165, 1.54) is 19.3 Å². The minimum atomic E-state index is -0.128. The molecular weight excluding hydrogens is 186 g/mol. The van der Waals surface area contributed by atoms with E-state index in [9.17, 15) is 5.11 Å². The quantitative estimate of drug-likeness (QED) is 0.574. The lowest BCUT2D eigenvalue weighted by Crippen LogP contribution is -2.33. The number of rotatable bonds is 9. The van der Waals surface area contributed by atoms with Crippen LogP contribution in [0.2, 0.25) is 0 Å². The van der Waals surface area contributed by atoms with E-state index in [1.54, 1.807) is 0 Å². The fourth-order valence-corrected chi connectivity index (χ4v) is 1.94. The zero-order valence-electron chi connectivity index (χ0n) is 9.91. The maximum absolute atomic E-state index is 9.44. The molecule has 1 saturated carbocycles. The summed E-state index contributed by atoms with van der Waals surface area (Å²) in [6.07, 6.45) is 8.68. The highest BCUT2D eigenvalue weighted by Gasteiger charge is 2.29. The van der Waals surface area contributed by atoms with Gasteiger partial charge in [-0.1, -0.05) is 13.0 Å². The second kappa shape index (κ2) is 7.02. The number of hydrogen-bond donors (Lipinski definition) is 2. The Labute approximate surface area is 93.8 Å². The molecule has 2 heteroatoms. The van der Waals surface area contributed by atoms with Crippen molar-refractivity contribution in [3.05, 3.63) is 12.7 Å². The predicted molar refractivity (Wildman–Crippen MR) is 64.9 cm³/mol. The van der Waals surface area contributed by atoms with Gasteiger partial charge in [0.05, 0.1) is 6.10 Å². The van der Waals surface area contributed by atoms with Gasteiger partial charge in [0.15, 0.2) is 0 Å². The van der Waals surface area contributed by atoms with Gasteiger partial charge in [-0.3, -0.25) is 0 Å². The summed E-state index contributed by atoms with van der Waals surface area (Å²) in [5.74, 6) is 0.892. The summed E-state index contributed by atoms with van der Waals surface area (Å²) < 4.78 is 0. The molecule has 0 saturated heterocycles. The summed E-state index contributed by atoms with van der Waals surface area (Å²) in [5, 5.41) is 13.0. The molecule has 0 aliphatic heterocycles. The van der Waals surface area contributed by atoms with Gasteiger partial charge in [0.25, 0.3) is 0 Å². The molecule has 0 aromatic heterocycles. The minimum absolute atomic E-state index is 0.128. The topological polar surface area (TPSA) is 32.3 Å². The smallest absolute Gasteiger partial charge is 0.0549 e. The van der Waals surface area contributed by atoms with E-state index in [0.717, 1.165) is 31.7 Å². The second-order valence-electron chi connectivity index (χ2n) is 4.61. The van der Waals surface area contributed by atoms with Crippen LogP contribution < -0.4 is 5.32 Å². The predicted octanol–water partition coefficient (Wildman–Crippen LogP) is 2.48. The summed E-state index contributed by atoms with van der Waals surface area (Å²) in [5.41, 5.74) is 0. The summed E-state index contributed by atoms with van der Waals surface area (Å²) in [4.78, 5) is 0. The van der Waals surface area contributed by atoms with Gasteiger partial charge in [-0.25, -0.2) is 0 Å². The lowest BCUT2D eigenvalue weighted by Gasteiger charge is -2.18. The summed E-state index contributed by atoms with van der Waals surface area (Å²) in [7, 11) is 0.